The molecule has 0 aliphatic carbocycles. The van der Waals surface area contributed by atoms with Crippen LogP contribution in [0.25, 0.3) is 11.4 Å². The van der Waals surface area contributed by atoms with E-state index in [1.54, 1.807) is 0 Å². The Hall–Kier alpha value is -0.450. The average Bonchev–Trinajstić information content (AvgIpc) is 2.40. The molecule has 5 heteroatoms. The molecular formula is C15H15Br2ClN2. The van der Waals surface area contributed by atoms with Gasteiger partial charge in [-0.05, 0) is 59.5 Å². The fraction of sp³-hybridized carbons (Fsp3) is 0.333. The van der Waals surface area contributed by atoms with Gasteiger partial charge in [-0.25, -0.2) is 9.97 Å². The molecule has 1 aromatic heterocycles. The van der Waals surface area contributed by atoms with Crippen molar-refractivity contribution in [1.82, 2.24) is 9.97 Å². The van der Waals surface area contributed by atoms with Crippen molar-refractivity contribution < 1.29 is 0 Å². The summed E-state index contributed by atoms with van der Waals surface area (Å²) < 4.78 is 1.92. The first-order valence-electron chi connectivity index (χ1n) is 6.43. The first kappa shape index (κ1) is 15.9. The summed E-state index contributed by atoms with van der Waals surface area (Å²) in [5.74, 6) is 0.681. The molecule has 1 aromatic carbocycles. The zero-order valence-corrected chi connectivity index (χ0v) is 15.5. The lowest BCUT2D eigenvalue weighted by atomic mass is 10.1. The lowest BCUT2D eigenvalue weighted by Crippen LogP contribution is -1.99. The number of nitrogens with zero attached hydrogens (tertiary/aromatic N) is 2. The molecule has 0 radical (unpaired) electrons. The second kappa shape index (κ2) is 6.54. The van der Waals surface area contributed by atoms with E-state index in [9.17, 15) is 0 Å². The number of aryl methyl sites for hydroxylation is 3. The van der Waals surface area contributed by atoms with Gasteiger partial charge in [-0.3, -0.25) is 0 Å². The summed E-state index contributed by atoms with van der Waals surface area (Å²) in [6.45, 7) is 6.25. The van der Waals surface area contributed by atoms with Gasteiger partial charge in [0.15, 0.2) is 5.82 Å². The van der Waals surface area contributed by atoms with Gasteiger partial charge in [0, 0.05) is 10.0 Å². The van der Waals surface area contributed by atoms with Crippen molar-refractivity contribution in [3.05, 3.63) is 43.1 Å². The Morgan fingerprint density at radius 2 is 1.65 bits per heavy atom. The Bertz CT molecular complexity index is 634. The highest BCUT2D eigenvalue weighted by atomic mass is 79.9. The van der Waals surface area contributed by atoms with Crippen LogP contribution in [0.5, 0.6) is 0 Å². The molecule has 0 N–H and O–H groups in total. The van der Waals surface area contributed by atoms with Crippen LogP contribution in [0.3, 0.4) is 0 Å². The number of hydrogen-bond donors (Lipinski definition) is 0. The number of hydrogen-bond acceptors (Lipinski definition) is 2. The van der Waals surface area contributed by atoms with Crippen LogP contribution in [0.15, 0.2) is 21.1 Å². The van der Waals surface area contributed by atoms with Crippen LogP contribution >= 0.6 is 43.5 Å². The summed E-state index contributed by atoms with van der Waals surface area (Å²) >= 11 is 13.2. The molecule has 1 heterocycles. The maximum Gasteiger partial charge on any atom is 0.161 e. The molecule has 0 unspecified atom stereocenters. The first-order valence-corrected chi connectivity index (χ1v) is 8.39. The highest BCUT2D eigenvalue weighted by Crippen LogP contribution is 2.30. The second-order valence-corrected chi connectivity index (χ2v) is 6.72. The van der Waals surface area contributed by atoms with Gasteiger partial charge in [0.25, 0.3) is 0 Å². The lowest BCUT2D eigenvalue weighted by molar-refractivity contribution is 0.868. The highest BCUT2D eigenvalue weighted by molar-refractivity contribution is 9.11. The summed E-state index contributed by atoms with van der Waals surface area (Å²) in [4.78, 5) is 9.04. The molecule has 2 aromatic rings. The fourth-order valence-electron chi connectivity index (χ4n) is 2.07. The molecule has 0 atom stereocenters. The lowest BCUT2D eigenvalue weighted by Gasteiger charge is -2.10. The molecule has 0 aliphatic heterocycles. The van der Waals surface area contributed by atoms with Crippen LogP contribution in [-0.2, 0) is 6.42 Å². The maximum absolute atomic E-state index is 6.21. The molecule has 106 valence electrons. The normalized spacial score (nSPS) is 10.9. The molecule has 0 amide bonds. The minimum Gasteiger partial charge on any atom is -0.232 e. The topological polar surface area (TPSA) is 25.8 Å². The van der Waals surface area contributed by atoms with Crippen LogP contribution in [0.2, 0.25) is 5.15 Å². The zero-order valence-electron chi connectivity index (χ0n) is 11.6. The summed E-state index contributed by atoms with van der Waals surface area (Å²) in [6.07, 6.45) is 1.90. The van der Waals surface area contributed by atoms with Gasteiger partial charge in [0.05, 0.1) is 10.2 Å². The van der Waals surface area contributed by atoms with Gasteiger partial charge in [-0.2, -0.15) is 0 Å². The zero-order chi connectivity index (χ0) is 14.9. The number of benzene rings is 1. The van der Waals surface area contributed by atoms with E-state index in [0.717, 1.165) is 33.0 Å². The molecule has 0 spiro atoms. The molecule has 20 heavy (non-hydrogen) atoms. The van der Waals surface area contributed by atoms with Gasteiger partial charge in [-0.15, -0.1) is 0 Å². The van der Waals surface area contributed by atoms with E-state index in [2.05, 4.69) is 74.7 Å². The molecule has 2 nitrogen and oxygen atoms in total. The molecule has 0 bridgehead atoms. The van der Waals surface area contributed by atoms with Gasteiger partial charge in [0.2, 0.25) is 0 Å². The number of halogens is 3. The average molecular weight is 419 g/mol. The van der Waals surface area contributed by atoms with Crippen molar-refractivity contribution in [1.29, 1.82) is 0 Å². The summed E-state index contributed by atoms with van der Waals surface area (Å²) in [6, 6.07) is 4.15. The fourth-order valence-corrected chi connectivity index (χ4v) is 2.86. The van der Waals surface area contributed by atoms with Crippen LogP contribution in [0.4, 0.5) is 0 Å². The molecule has 0 saturated heterocycles. The van der Waals surface area contributed by atoms with E-state index in [0.29, 0.717) is 11.0 Å². The number of rotatable bonds is 3. The monoisotopic (exact) mass is 416 g/mol. The minimum atomic E-state index is 0.469. The smallest absolute Gasteiger partial charge is 0.161 e. The molecule has 0 aliphatic rings. The highest BCUT2D eigenvalue weighted by Gasteiger charge is 2.13. The van der Waals surface area contributed by atoms with Crippen LogP contribution in [-0.4, -0.2) is 9.97 Å². The first-order chi connectivity index (χ1) is 9.43. The third-order valence-corrected chi connectivity index (χ3v) is 5.65. The Morgan fingerprint density at radius 3 is 2.20 bits per heavy atom. The van der Waals surface area contributed by atoms with Crippen LogP contribution < -0.4 is 0 Å². The van der Waals surface area contributed by atoms with Crippen LogP contribution in [0, 0.1) is 13.8 Å². The third-order valence-electron chi connectivity index (χ3n) is 3.06. The third kappa shape index (κ3) is 3.23. The Balaban J connectivity index is 2.58. The van der Waals surface area contributed by atoms with E-state index in [4.69, 9.17) is 11.6 Å². The Labute approximate surface area is 141 Å². The summed E-state index contributed by atoms with van der Waals surface area (Å²) in [7, 11) is 0. The van der Waals surface area contributed by atoms with Crippen molar-refractivity contribution in [2.24, 2.45) is 0 Å². The van der Waals surface area contributed by atoms with Crippen molar-refractivity contribution in [3.63, 3.8) is 0 Å². The minimum absolute atomic E-state index is 0.469. The van der Waals surface area contributed by atoms with E-state index >= 15 is 0 Å². The second-order valence-electron chi connectivity index (χ2n) is 4.77. The van der Waals surface area contributed by atoms with Crippen molar-refractivity contribution in [2.45, 2.75) is 33.6 Å². The maximum atomic E-state index is 6.21. The van der Waals surface area contributed by atoms with E-state index < -0.39 is 0 Å². The number of aromatic nitrogens is 2. The Morgan fingerprint density at radius 1 is 1.05 bits per heavy atom. The van der Waals surface area contributed by atoms with Crippen molar-refractivity contribution >= 4 is 43.5 Å². The quantitative estimate of drug-likeness (QED) is 0.581. The van der Waals surface area contributed by atoms with Gasteiger partial charge in [-0.1, -0.05) is 40.9 Å². The van der Waals surface area contributed by atoms with Crippen molar-refractivity contribution in [3.8, 4) is 11.4 Å². The van der Waals surface area contributed by atoms with Gasteiger partial charge >= 0.3 is 0 Å². The van der Waals surface area contributed by atoms with Crippen molar-refractivity contribution in [2.75, 3.05) is 0 Å². The van der Waals surface area contributed by atoms with E-state index in [1.165, 1.54) is 11.1 Å². The summed E-state index contributed by atoms with van der Waals surface area (Å²) in [5.41, 5.74) is 4.29. The molecular weight excluding hydrogens is 403 g/mol. The Kier molecular flexibility index (Phi) is 5.21. The predicted molar refractivity (Wildman–Crippen MR) is 91.3 cm³/mol. The largest absolute Gasteiger partial charge is 0.232 e. The molecule has 0 saturated carbocycles. The molecule has 0 fully saturated rings. The van der Waals surface area contributed by atoms with Crippen LogP contribution in [0.1, 0.15) is 30.2 Å². The summed E-state index contributed by atoms with van der Waals surface area (Å²) in [5, 5.41) is 0.469. The van der Waals surface area contributed by atoms with Gasteiger partial charge < -0.3 is 0 Å². The van der Waals surface area contributed by atoms with E-state index in [1.807, 2.05) is 0 Å². The SMILES string of the molecule is CCCc1nc(-c2cc(C)c(Br)c(C)c2)nc(Cl)c1Br. The molecule has 2 rings (SSSR count). The van der Waals surface area contributed by atoms with E-state index in [-0.39, 0.29) is 0 Å². The van der Waals surface area contributed by atoms with Gasteiger partial charge in [0.1, 0.15) is 5.15 Å². The standard InChI is InChI=1S/C15H15Br2ClN2/c1-4-5-11-13(17)14(18)20-15(19-11)10-6-8(2)12(16)9(3)7-10/h6-7H,4-5H2,1-3H3. The predicted octanol–water partition coefficient (Wildman–Crippen LogP) is 5.89.